The van der Waals surface area contributed by atoms with Crippen LogP contribution in [0.3, 0.4) is 0 Å². The van der Waals surface area contributed by atoms with Crippen LogP contribution in [0, 0.1) is 0 Å². The number of nitrogens with zero attached hydrogens (tertiary/aromatic N) is 3. The van der Waals surface area contributed by atoms with Crippen LogP contribution in [0.2, 0.25) is 0 Å². The normalized spacial score (nSPS) is 14.9. The van der Waals surface area contributed by atoms with Gasteiger partial charge in [0.05, 0.1) is 29.4 Å². The predicted octanol–water partition coefficient (Wildman–Crippen LogP) is 3.42. The highest BCUT2D eigenvalue weighted by Gasteiger charge is 2.44. The van der Waals surface area contributed by atoms with Crippen LogP contribution in [0.25, 0.3) is 0 Å². The number of aromatic nitrogens is 2. The Morgan fingerprint density at radius 2 is 1.72 bits per heavy atom. The molecule has 0 spiro atoms. The Balaban J connectivity index is 1.51. The first-order chi connectivity index (χ1) is 17.1. The fourth-order valence-electron chi connectivity index (χ4n) is 4.40. The van der Waals surface area contributed by atoms with Crippen LogP contribution < -0.4 is 10.6 Å². The van der Waals surface area contributed by atoms with E-state index in [0.29, 0.717) is 17.9 Å². The summed E-state index contributed by atoms with van der Waals surface area (Å²) < 4.78 is 0. The van der Waals surface area contributed by atoms with E-state index in [1.807, 2.05) is 63.2 Å². The number of rotatable bonds is 7. The number of carboxylic acid groups (broad SMARTS) is 1. The number of hydrogen-bond acceptors (Lipinski definition) is 5. The zero-order valence-electron chi connectivity index (χ0n) is 20.7. The first kappa shape index (κ1) is 24.9. The zero-order chi connectivity index (χ0) is 26.0. The van der Waals surface area contributed by atoms with Crippen molar-refractivity contribution in [2.45, 2.75) is 32.0 Å². The van der Waals surface area contributed by atoms with E-state index < -0.39 is 17.4 Å². The molecule has 1 atom stereocenters. The number of likely N-dealkylation sites (N-methyl/N-ethyl adjacent to an activating group) is 1. The van der Waals surface area contributed by atoms with Gasteiger partial charge in [-0.15, -0.1) is 0 Å². The van der Waals surface area contributed by atoms with Crippen LogP contribution in [0.15, 0.2) is 54.6 Å². The summed E-state index contributed by atoms with van der Waals surface area (Å²) in [6.07, 6.45) is 0. The molecule has 3 aromatic rings. The smallest absolute Gasteiger partial charge is 0.335 e. The van der Waals surface area contributed by atoms with Gasteiger partial charge >= 0.3 is 12.0 Å². The van der Waals surface area contributed by atoms with E-state index in [1.165, 1.54) is 24.3 Å². The van der Waals surface area contributed by atoms with Crippen LogP contribution in [-0.2, 0) is 12.1 Å². The quantitative estimate of drug-likeness (QED) is 0.401. The summed E-state index contributed by atoms with van der Waals surface area (Å²) in [5.41, 5.74) is 2.21. The highest BCUT2D eigenvalue weighted by Crippen LogP contribution is 2.40. The standard InChI is InChI=1S/C26H30N6O4/c1-26(2)21-19(22(30-29-21)28-23(33)17-10-12-18(13-11-17)24(34)35)14-32(26)25(36)27-20(15-31(3)4)16-8-6-5-7-9-16/h5-13,20H,14-15H2,1-4H3,(H,27,36)(H,34,35)(H2,28,29,30,33)/t20-/m1/s1. The molecule has 0 aliphatic carbocycles. The Bertz CT molecular complexity index is 1270. The van der Waals surface area contributed by atoms with Gasteiger partial charge in [-0.05, 0) is 57.8 Å². The summed E-state index contributed by atoms with van der Waals surface area (Å²) in [7, 11) is 3.92. The van der Waals surface area contributed by atoms with Gasteiger partial charge in [-0.1, -0.05) is 30.3 Å². The van der Waals surface area contributed by atoms with E-state index in [1.54, 1.807) is 4.90 Å². The topological polar surface area (TPSA) is 131 Å². The molecule has 2 aromatic carbocycles. The number of amides is 3. The largest absolute Gasteiger partial charge is 0.478 e. The summed E-state index contributed by atoms with van der Waals surface area (Å²) in [5, 5.41) is 22.3. The van der Waals surface area contributed by atoms with E-state index in [4.69, 9.17) is 5.11 Å². The summed E-state index contributed by atoms with van der Waals surface area (Å²) >= 11 is 0. The van der Waals surface area contributed by atoms with Crippen LogP contribution in [0.5, 0.6) is 0 Å². The number of carbonyl (C=O) groups excluding carboxylic acids is 2. The van der Waals surface area contributed by atoms with Gasteiger partial charge in [0.2, 0.25) is 0 Å². The number of carbonyl (C=O) groups is 3. The van der Waals surface area contributed by atoms with E-state index in [-0.39, 0.29) is 24.2 Å². The Kier molecular flexibility index (Phi) is 6.80. The molecular weight excluding hydrogens is 460 g/mol. The molecule has 3 amide bonds. The number of hydrogen-bond donors (Lipinski definition) is 4. The third kappa shape index (κ3) is 4.94. The fraction of sp³-hybridized carbons (Fsp3) is 0.308. The lowest BCUT2D eigenvalue weighted by Crippen LogP contribution is -2.48. The molecule has 0 bridgehead atoms. The molecule has 1 aliphatic rings. The van der Waals surface area contributed by atoms with Crippen molar-refractivity contribution >= 4 is 23.7 Å². The number of anilines is 1. The van der Waals surface area contributed by atoms with Gasteiger partial charge in [0.1, 0.15) is 0 Å². The molecule has 0 saturated carbocycles. The van der Waals surface area contributed by atoms with Crippen molar-refractivity contribution in [3.63, 3.8) is 0 Å². The van der Waals surface area contributed by atoms with Crippen molar-refractivity contribution in [1.29, 1.82) is 0 Å². The molecule has 0 radical (unpaired) electrons. The van der Waals surface area contributed by atoms with E-state index in [9.17, 15) is 14.4 Å². The number of aromatic carboxylic acids is 1. The molecule has 4 rings (SSSR count). The monoisotopic (exact) mass is 490 g/mol. The van der Waals surface area contributed by atoms with Crippen LogP contribution in [0.1, 0.15) is 57.4 Å². The van der Waals surface area contributed by atoms with Crippen molar-refractivity contribution in [3.05, 3.63) is 82.5 Å². The average Bonchev–Trinajstić information content (AvgIpc) is 3.36. The van der Waals surface area contributed by atoms with Crippen LogP contribution in [-0.4, -0.2) is 63.7 Å². The Morgan fingerprint density at radius 1 is 1.08 bits per heavy atom. The first-order valence-electron chi connectivity index (χ1n) is 11.6. The number of aromatic amines is 1. The van der Waals surface area contributed by atoms with Gasteiger partial charge in [-0.3, -0.25) is 9.89 Å². The molecule has 0 unspecified atom stereocenters. The van der Waals surface area contributed by atoms with Gasteiger partial charge in [0.15, 0.2) is 5.82 Å². The highest BCUT2D eigenvalue weighted by atomic mass is 16.4. The van der Waals surface area contributed by atoms with E-state index in [0.717, 1.165) is 16.8 Å². The molecule has 1 aliphatic heterocycles. The van der Waals surface area contributed by atoms with Crippen LogP contribution >= 0.6 is 0 Å². The third-order valence-corrected chi connectivity index (χ3v) is 6.39. The average molecular weight is 491 g/mol. The molecular formula is C26H30N6O4. The number of urea groups is 1. The minimum atomic E-state index is -1.06. The molecule has 36 heavy (non-hydrogen) atoms. The molecule has 188 valence electrons. The lowest BCUT2D eigenvalue weighted by Gasteiger charge is -2.34. The highest BCUT2D eigenvalue weighted by molar-refractivity contribution is 6.04. The Labute approximate surface area is 209 Å². The minimum absolute atomic E-state index is 0.0960. The number of H-pyrrole nitrogens is 1. The second-order valence-corrected chi connectivity index (χ2v) is 9.58. The zero-order valence-corrected chi connectivity index (χ0v) is 20.7. The maximum Gasteiger partial charge on any atom is 0.335 e. The lowest BCUT2D eigenvalue weighted by molar-refractivity contribution is 0.0696. The molecule has 1 aromatic heterocycles. The summed E-state index contributed by atoms with van der Waals surface area (Å²) in [4.78, 5) is 41.0. The molecule has 2 heterocycles. The second kappa shape index (κ2) is 9.82. The van der Waals surface area contributed by atoms with Crippen molar-refractivity contribution in [3.8, 4) is 0 Å². The van der Waals surface area contributed by atoms with Gasteiger partial charge in [-0.2, -0.15) is 5.10 Å². The third-order valence-electron chi connectivity index (χ3n) is 6.39. The number of nitrogens with one attached hydrogen (secondary N) is 3. The molecule has 10 nitrogen and oxygen atoms in total. The van der Waals surface area contributed by atoms with Gasteiger partial charge in [0.25, 0.3) is 5.91 Å². The van der Waals surface area contributed by atoms with Crippen molar-refractivity contribution in [1.82, 2.24) is 25.3 Å². The van der Waals surface area contributed by atoms with Crippen molar-refractivity contribution < 1.29 is 19.5 Å². The fourth-order valence-corrected chi connectivity index (χ4v) is 4.40. The van der Waals surface area contributed by atoms with Crippen molar-refractivity contribution in [2.24, 2.45) is 0 Å². The second-order valence-electron chi connectivity index (χ2n) is 9.58. The number of carboxylic acids is 1. The molecule has 4 N–H and O–H groups in total. The van der Waals surface area contributed by atoms with E-state index >= 15 is 0 Å². The maximum atomic E-state index is 13.5. The van der Waals surface area contributed by atoms with E-state index in [2.05, 4.69) is 20.8 Å². The maximum absolute atomic E-state index is 13.5. The van der Waals surface area contributed by atoms with Crippen LogP contribution in [0.4, 0.5) is 10.6 Å². The van der Waals surface area contributed by atoms with Gasteiger partial charge in [-0.25, -0.2) is 9.59 Å². The SMILES string of the molecule is CN(C)C[C@@H](NC(=O)N1Cc2c(NC(=O)c3ccc(C(=O)O)cc3)n[nH]c2C1(C)C)c1ccccc1. The summed E-state index contributed by atoms with van der Waals surface area (Å²) in [6, 6.07) is 15.0. The lowest BCUT2D eigenvalue weighted by atomic mass is 10.0. The van der Waals surface area contributed by atoms with Gasteiger partial charge in [0, 0.05) is 17.7 Å². The number of fused-ring (bicyclic) bond motifs is 1. The minimum Gasteiger partial charge on any atom is -0.478 e. The summed E-state index contributed by atoms with van der Waals surface area (Å²) in [5.74, 6) is -1.14. The first-order valence-corrected chi connectivity index (χ1v) is 11.6. The molecule has 0 fully saturated rings. The predicted molar refractivity (Wildman–Crippen MR) is 135 cm³/mol. The molecule has 10 heteroatoms. The molecule has 0 saturated heterocycles. The number of benzene rings is 2. The van der Waals surface area contributed by atoms with Crippen molar-refractivity contribution in [2.75, 3.05) is 26.0 Å². The van der Waals surface area contributed by atoms with Gasteiger partial charge < -0.3 is 25.5 Å². The Morgan fingerprint density at radius 3 is 2.33 bits per heavy atom. The Hall–Kier alpha value is -4.18. The summed E-state index contributed by atoms with van der Waals surface area (Å²) in [6.45, 7) is 4.76.